The van der Waals surface area contributed by atoms with E-state index >= 15 is 4.39 Å². The Morgan fingerprint density at radius 1 is 0.824 bits per heavy atom. The third-order valence-corrected chi connectivity index (χ3v) is 8.42. The molecule has 0 amide bonds. The summed E-state index contributed by atoms with van der Waals surface area (Å²) in [5.41, 5.74) is 2.43. The van der Waals surface area contributed by atoms with Crippen molar-refractivity contribution >= 4 is 34.0 Å². The molecule has 3 aromatic rings. The van der Waals surface area contributed by atoms with Gasteiger partial charge in [-0.15, -0.1) is 0 Å². The number of fused-ring (bicyclic) bond motifs is 3. The summed E-state index contributed by atoms with van der Waals surface area (Å²) in [5, 5.41) is 2.80. The number of halogens is 1. The maximum Gasteiger partial charge on any atom is 0.198 e. The van der Waals surface area contributed by atoms with Crippen molar-refractivity contribution < 1.29 is 8.81 Å². The standard InChI is InChI=1S/C31H41FOS/c1-3-5-6-7-8-9-10-11-12-24-17-20-27-26-19-18-25(23-15-13-22(4-2)14-16-23)21-28(26)31(34)33-30(27)29(24)32/h17-23H,3-16H2,1-2H3. The fraction of sp³-hybridized carbons (Fsp3) is 0.581. The monoisotopic (exact) mass is 480 g/mol. The topological polar surface area (TPSA) is 13.1 Å². The van der Waals surface area contributed by atoms with E-state index in [-0.39, 0.29) is 5.82 Å². The maximum atomic E-state index is 15.4. The molecule has 34 heavy (non-hydrogen) atoms. The maximum absolute atomic E-state index is 15.4. The molecular weight excluding hydrogens is 439 g/mol. The van der Waals surface area contributed by atoms with Gasteiger partial charge in [0.25, 0.3) is 0 Å². The third-order valence-electron chi connectivity index (χ3n) is 8.12. The molecular formula is C31H41FOS. The molecule has 1 heterocycles. The van der Waals surface area contributed by atoms with Crippen LogP contribution in [0.1, 0.15) is 114 Å². The van der Waals surface area contributed by atoms with Crippen molar-refractivity contribution in [1.29, 1.82) is 0 Å². The summed E-state index contributed by atoms with van der Waals surface area (Å²) >= 11 is 5.61. The molecule has 1 aromatic heterocycles. The predicted octanol–water partition coefficient (Wildman–Crippen LogP) is 10.8. The van der Waals surface area contributed by atoms with E-state index in [9.17, 15) is 0 Å². The lowest BCUT2D eigenvalue weighted by Gasteiger charge is -2.28. The molecule has 3 heteroatoms. The molecule has 1 fully saturated rings. The van der Waals surface area contributed by atoms with Gasteiger partial charge in [0, 0.05) is 10.8 Å². The lowest BCUT2D eigenvalue weighted by atomic mass is 9.77. The van der Waals surface area contributed by atoms with E-state index < -0.39 is 0 Å². The van der Waals surface area contributed by atoms with E-state index in [0.29, 0.717) is 16.2 Å². The molecule has 0 atom stereocenters. The fourth-order valence-corrected chi connectivity index (χ4v) is 6.07. The second-order valence-electron chi connectivity index (χ2n) is 10.5. The van der Waals surface area contributed by atoms with Gasteiger partial charge in [-0.3, -0.25) is 0 Å². The Morgan fingerprint density at radius 2 is 1.50 bits per heavy atom. The Morgan fingerprint density at radius 3 is 2.21 bits per heavy atom. The van der Waals surface area contributed by atoms with Crippen LogP contribution in [0.2, 0.25) is 0 Å². The van der Waals surface area contributed by atoms with E-state index in [1.54, 1.807) is 0 Å². The predicted molar refractivity (Wildman–Crippen MR) is 146 cm³/mol. The molecule has 184 valence electrons. The molecule has 0 saturated heterocycles. The summed E-state index contributed by atoms with van der Waals surface area (Å²) in [6, 6.07) is 10.6. The van der Waals surface area contributed by atoms with Gasteiger partial charge in [0.05, 0.1) is 0 Å². The summed E-state index contributed by atoms with van der Waals surface area (Å²) in [6.45, 7) is 4.55. The molecule has 0 aliphatic heterocycles. The second-order valence-corrected chi connectivity index (χ2v) is 10.8. The molecule has 1 aliphatic rings. The Labute approximate surface area is 210 Å². The minimum atomic E-state index is -0.226. The van der Waals surface area contributed by atoms with Crippen molar-refractivity contribution in [2.24, 2.45) is 5.92 Å². The normalized spacial score (nSPS) is 18.7. The number of hydrogen-bond donors (Lipinski definition) is 0. The minimum absolute atomic E-state index is 0.226. The van der Waals surface area contributed by atoms with Crippen LogP contribution in [0.25, 0.3) is 21.7 Å². The van der Waals surface area contributed by atoms with Crippen LogP contribution in [0.15, 0.2) is 34.7 Å². The van der Waals surface area contributed by atoms with Gasteiger partial charge in [0.15, 0.2) is 16.1 Å². The zero-order valence-electron chi connectivity index (χ0n) is 21.1. The van der Waals surface area contributed by atoms with Crippen LogP contribution in [-0.2, 0) is 6.42 Å². The zero-order valence-corrected chi connectivity index (χ0v) is 22.0. The minimum Gasteiger partial charge on any atom is -0.441 e. The first-order valence-electron chi connectivity index (χ1n) is 13.8. The van der Waals surface area contributed by atoms with Crippen LogP contribution in [0.3, 0.4) is 0 Å². The molecule has 0 spiro atoms. The zero-order chi connectivity index (χ0) is 23.9. The highest BCUT2D eigenvalue weighted by atomic mass is 32.1. The van der Waals surface area contributed by atoms with Crippen molar-refractivity contribution in [3.05, 3.63) is 52.0 Å². The van der Waals surface area contributed by atoms with Gasteiger partial charge in [-0.25, -0.2) is 4.39 Å². The first kappa shape index (κ1) is 25.4. The molecule has 0 radical (unpaired) electrons. The summed E-state index contributed by atoms with van der Waals surface area (Å²) in [6.07, 6.45) is 17.2. The van der Waals surface area contributed by atoms with Crippen LogP contribution >= 0.6 is 12.2 Å². The van der Waals surface area contributed by atoms with Crippen LogP contribution in [0.4, 0.5) is 4.39 Å². The molecule has 0 unspecified atom stereocenters. The van der Waals surface area contributed by atoms with Gasteiger partial charge in [-0.1, -0.05) is 89.5 Å². The Bertz CT molecular complexity index is 1140. The van der Waals surface area contributed by atoms with Crippen molar-refractivity contribution in [2.45, 2.75) is 110 Å². The van der Waals surface area contributed by atoms with Gasteiger partial charge in [-0.2, -0.15) is 0 Å². The Kier molecular flexibility index (Phi) is 9.17. The smallest absolute Gasteiger partial charge is 0.198 e. The van der Waals surface area contributed by atoms with Crippen LogP contribution in [0, 0.1) is 16.4 Å². The molecule has 1 nitrogen and oxygen atoms in total. The van der Waals surface area contributed by atoms with E-state index in [2.05, 4.69) is 32.0 Å². The molecule has 4 rings (SSSR count). The number of aryl methyl sites for hydroxylation is 1. The second kappa shape index (κ2) is 12.3. The van der Waals surface area contributed by atoms with Crippen LogP contribution < -0.4 is 0 Å². The van der Waals surface area contributed by atoms with E-state index in [1.165, 1.54) is 76.2 Å². The van der Waals surface area contributed by atoms with Crippen molar-refractivity contribution in [1.82, 2.24) is 0 Å². The van der Waals surface area contributed by atoms with E-state index in [4.69, 9.17) is 16.6 Å². The average molecular weight is 481 g/mol. The SMILES string of the molecule is CCCCCCCCCCc1ccc2c(oc(=S)c3cc(C4CCC(CC)CC4)ccc32)c1F. The number of hydrogen-bond acceptors (Lipinski definition) is 2. The summed E-state index contributed by atoms with van der Waals surface area (Å²) in [5.74, 6) is 1.26. The Balaban J connectivity index is 1.47. The molecule has 0 N–H and O–H groups in total. The largest absolute Gasteiger partial charge is 0.441 e. The van der Waals surface area contributed by atoms with Crippen molar-refractivity contribution in [3.63, 3.8) is 0 Å². The highest BCUT2D eigenvalue weighted by Crippen LogP contribution is 2.39. The van der Waals surface area contributed by atoms with Gasteiger partial charge < -0.3 is 4.42 Å². The quantitative estimate of drug-likeness (QED) is 0.154. The Hall–Kier alpha value is -1.74. The van der Waals surface area contributed by atoms with Crippen molar-refractivity contribution in [3.8, 4) is 0 Å². The molecule has 1 saturated carbocycles. The number of rotatable bonds is 11. The molecule has 2 aromatic carbocycles. The lowest BCUT2D eigenvalue weighted by molar-refractivity contribution is 0.319. The highest BCUT2D eigenvalue weighted by Gasteiger charge is 2.22. The first-order chi connectivity index (χ1) is 16.6. The van der Waals surface area contributed by atoms with Crippen molar-refractivity contribution in [2.75, 3.05) is 0 Å². The van der Waals surface area contributed by atoms with Gasteiger partial charge >= 0.3 is 0 Å². The third kappa shape index (κ3) is 5.90. The number of unbranched alkanes of at least 4 members (excludes halogenated alkanes) is 7. The lowest BCUT2D eigenvalue weighted by Crippen LogP contribution is -2.12. The summed E-state index contributed by atoms with van der Waals surface area (Å²) in [4.78, 5) is 0. The van der Waals surface area contributed by atoms with Gasteiger partial charge in [0.1, 0.15) is 0 Å². The average Bonchev–Trinajstić information content (AvgIpc) is 2.87. The van der Waals surface area contributed by atoms with Crippen LogP contribution in [0.5, 0.6) is 0 Å². The highest BCUT2D eigenvalue weighted by molar-refractivity contribution is 7.71. The van der Waals surface area contributed by atoms with E-state index in [1.807, 2.05) is 12.1 Å². The van der Waals surface area contributed by atoms with Gasteiger partial charge in [0.2, 0.25) is 0 Å². The first-order valence-corrected chi connectivity index (χ1v) is 14.2. The van der Waals surface area contributed by atoms with Crippen LogP contribution in [-0.4, -0.2) is 0 Å². The van der Waals surface area contributed by atoms with E-state index in [0.717, 1.165) is 46.9 Å². The molecule has 0 bridgehead atoms. The van der Waals surface area contributed by atoms with Gasteiger partial charge in [-0.05, 0) is 85.2 Å². The summed E-state index contributed by atoms with van der Waals surface area (Å²) in [7, 11) is 0. The number of benzene rings is 2. The molecule has 1 aliphatic carbocycles. The summed E-state index contributed by atoms with van der Waals surface area (Å²) < 4.78 is 21.7. The fourth-order valence-electron chi connectivity index (χ4n) is 5.82.